The van der Waals surface area contributed by atoms with Crippen LogP contribution in [0.2, 0.25) is 0 Å². The number of aliphatic hydroxyl groups excluding tert-OH is 2. The molecule has 0 bridgehead atoms. The molecule has 1 aromatic heterocycles. The van der Waals surface area contributed by atoms with E-state index < -0.39 is 17.6 Å². The highest BCUT2D eigenvalue weighted by Crippen LogP contribution is 2.38. The fraction of sp³-hybridized carbons (Fsp3) is 0.615. The lowest BCUT2D eigenvalue weighted by Crippen LogP contribution is -2.39. The van der Waals surface area contributed by atoms with Crippen LogP contribution in [0.1, 0.15) is 19.8 Å². The highest BCUT2D eigenvalue weighted by molar-refractivity contribution is 5.85. The number of ether oxygens (including phenoxy) is 1. The Kier molecular flexibility index (Phi) is 6.32. The predicted molar refractivity (Wildman–Crippen MR) is 77.1 cm³/mol. The van der Waals surface area contributed by atoms with E-state index in [-0.39, 0.29) is 24.9 Å². The molecule has 0 saturated heterocycles. The summed E-state index contributed by atoms with van der Waals surface area (Å²) in [6, 6.07) is 0. The number of carbonyl (C=O) groups is 1. The number of hydrogen-bond donors (Lipinski definition) is 3. The van der Waals surface area contributed by atoms with Gasteiger partial charge in [-0.2, -0.15) is 0 Å². The molecule has 1 aromatic rings. The minimum Gasteiger partial charge on any atom is -0.476 e. The Balaban J connectivity index is 0.00000220. The van der Waals surface area contributed by atoms with Crippen LogP contribution in [0.5, 0.6) is 5.88 Å². The van der Waals surface area contributed by atoms with E-state index in [1.54, 1.807) is 6.20 Å². The lowest BCUT2D eigenvalue weighted by molar-refractivity contribution is -0.119. The first kappa shape index (κ1) is 17.6. The van der Waals surface area contributed by atoms with Gasteiger partial charge >= 0.3 is 0 Å². The highest BCUT2D eigenvalue weighted by Gasteiger charge is 2.45. The van der Waals surface area contributed by atoms with E-state index in [4.69, 9.17) is 4.74 Å². The average Bonchev–Trinajstić information content (AvgIpc) is 2.72. The lowest BCUT2D eigenvalue weighted by atomic mass is 9.86. The van der Waals surface area contributed by atoms with Crippen LogP contribution >= 0.6 is 12.4 Å². The van der Waals surface area contributed by atoms with Crippen LogP contribution in [0, 0.1) is 5.41 Å². The second-order valence-corrected chi connectivity index (χ2v) is 5.29. The summed E-state index contributed by atoms with van der Waals surface area (Å²) in [5.74, 6) is 0.227. The number of aliphatic hydroxyl groups is 2. The molecular formula is C13H20ClN3O4. The standard InChI is InChI=1S/C13H19N3O4.ClH/c1-9(17)16-7-13(4-10(18)11(19)5-13)8-20-12-6-14-2-3-15-12;/h2-3,6,10-11,18-19H,4-5,7-8H2,1H3,(H,16,17);1H/t10-,11+,13?;. The first-order valence-electron chi connectivity index (χ1n) is 6.50. The molecule has 3 atom stereocenters. The predicted octanol–water partition coefficient (Wildman–Crippen LogP) is -0.0847. The number of nitrogens with zero attached hydrogens (tertiary/aromatic N) is 2. The number of carbonyl (C=O) groups excluding carboxylic acids is 1. The summed E-state index contributed by atoms with van der Waals surface area (Å²) in [7, 11) is 0. The summed E-state index contributed by atoms with van der Waals surface area (Å²) < 4.78 is 5.58. The van der Waals surface area contributed by atoms with Gasteiger partial charge in [-0.15, -0.1) is 12.4 Å². The molecule has 1 aliphatic rings. The molecule has 1 fully saturated rings. The Morgan fingerprint density at radius 2 is 2.10 bits per heavy atom. The number of amides is 1. The molecule has 21 heavy (non-hydrogen) atoms. The molecule has 1 aliphatic carbocycles. The van der Waals surface area contributed by atoms with Crippen LogP contribution in [-0.2, 0) is 4.79 Å². The van der Waals surface area contributed by atoms with Gasteiger partial charge in [-0.3, -0.25) is 9.78 Å². The van der Waals surface area contributed by atoms with Crippen molar-refractivity contribution in [2.24, 2.45) is 5.41 Å². The van der Waals surface area contributed by atoms with Crippen molar-refractivity contribution in [2.75, 3.05) is 13.2 Å². The molecule has 0 aliphatic heterocycles. The molecule has 3 N–H and O–H groups in total. The van der Waals surface area contributed by atoms with E-state index >= 15 is 0 Å². The molecule has 1 heterocycles. The van der Waals surface area contributed by atoms with E-state index in [2.05, 4.69) is 15.3 Å². The largest absolute Gasteiger partial charge is 0.476 e. The zero-order valence-corrected chi connectivity index (χ0v) is 12.5. The van der Waals surface area contributed by atoms with Gasteiger partial charge in [0, 0.05) is 31.3 Å². The fourth-order valence-electron chi connectivity index (χ4n) is 2.45. The first-order chi connectivity index (χ1) is 9.51. The van der Waals surface area contributed by atoms with Crippen molar-refractivity contribution in [1.29, 1.82) is 0 Å². The maximum Gasteiger partial charge on any atom is 0.232 e. The van der Waals surface area contributed by atoms with Crippen molar-refractivity contribution in [3.63, 3.8) is 0 Å². The van der Waals surface area contributed by atoms with Crippen molar-refractivity contribution in [2.45, 2.75) is 32.0 Å². The third-order valence-corrected chi connectivity index (χ3v) is 3.51. The molecule has 0 aromatic carbocycles. The number of nitrogens with one attached hydrogen (secondary N) is 1. The molecule has 2 rings (SSSR count). The topological polar surface area (TPSA) is 105 Å². The van der Waals surface area contributed by atoms with Crippen LogP contribution in [0.4, 0.5) is 0 Å². The Morgan fingerprint density at radius 1 is 1.43 bits per heavy atom. The number of hydrogen-bond acceptors (Lipinski definition) is 6. The Bertz CT molecular complexity index is 450. The zero-order chi connectivity index (χ0) is 14.6. The molecule has 0 radical (unpaired) electrons. The zero-order valence-electron chi connectivity index (χ0n) is 11.7. The summed E-state index contributed by atoms with van der Waals surface area (Å²) in [5, 5.41) is 22.2. The number of halogens is 1. The maximum absolute atomic E-state index is 11.1. The van der Waals surface area contributed by atoms with Crippen molar-refractivity contribution in [3.8, 4) is 5.88 Å². The van der Waals surface area contributed by atoms with Gasteiger partial charge in [0.2, 0.25) is 11.8 Å². The third-order valence-electron chi connectivity index (χ3n) is 3.51. The number of aromatic nitrogens is 2. The van der Waals surface area contributed by atoms with Gasteiger partial charge in [0.25, 0.3) is 0 Å². The minimum absolute atomic E-state index is 0. The smallest absolute Gasteiger partial charge is 0.232 e. The quantitative estimate of drug-likeness (QED) is 0.701. The fourth-order valence-corrected chi connectivity index (χ4v) is 2.45. The number of rotatable bonds is 5. The summed E-state index contributed by atoms with van der Waals surface area (Å²) in [5.41, 5.74) is -0.498. The average molecular weight is 318 g/mol. The van der Waals surface area contributed by atoms with Crippen molar-refractivity contribution in [3.05, 3.63) is 18.6 Å². The Morgan fingerprint density at radius 3 is 2.62 bits per heavy atom. The summed E-state index contributed by atoms with van der Waals surface area (Å²) in [6.45, 7) is 2.02. The van der Waals surface area contributed by atoms with E-state index in [1.165, 1.54) is 19.3 Å². The SMILES string of the molecule is CC(=O)NCC1(COc2cnccn2)C[C@@H](O)[C@@H](O)C1.Cl. The molecule has 1 amide bonds. The van der Waals surface area contributed by atoms with Crippen molar-refractivity contribution >= 4 is 18.3 Å². The van der Waals surface area contributed by atoms with E-state index in [0.717, 1.165) is 0 Å². The van der Waals surface area contributed by atoms with Crippen LogP contribution < -0.4 is 10.1 Å². The normalized spacial score (nSPS) is 27.8. The van der Waals surface area contributed by atoms with Crippen LogP contribution in [-0.4, -0.2) is 51.4 Å². The van der Waals surface area contributed by atoms with Gasteiger partial charge in [0.05, 0.1) is 25.0 Å². The molecule has 8 heteroatoms. The summed E-state index contributed by atoms with van der Waals surface area (Å²) in [4.78, 5) is 19.0. The summed E-state index contributed by atoms with van der Waals surface area (Å²) in [6.07, 6.45) is 3.71. The Labute approximate surface area is 129 Å². The van der Waals surface area contributed by atoms with Gasteiger partial charge < -0.3 is 20.3 Å². The van der Waals surface area contributed by atoms with E-state index in [1.807, 2.05) is 0 Å². The molecule has 1 unspecified atom stereocenters. The van der Waals surface area contributed by atoms with Gasteiger partial charge in [-0.25, -0.2) is 4.98 Å². The van der Waals surface area contributed by atoms with Crippen LogP contribution in [0.3, 0.4) is 0 Å². The van der Waals surface area contributed by atoms with Crippen molar-refractivity contribution in [1.82, 2.24) is 15.3 Å². The monoisotopic (exact) mass is 317 g/mol. The van der Waals surface area contributed by atoms with Crippen LogP contribution in [0.15, 0.2) is 18.6 Å². The second-order valence-electron chi connectivity index (χ2n) is 5.29. The van der Waals surface area contributed by atoms with Gasteiger partial charge in [-0.05, 0) is 12.8 Å². The first-order valence-corrected chi connectivity index (χ1v) is 6.50. The van der Waals surface area contributed by atoms with Gasteiger partial charge in [-0.1, -0.05) is 0 Å². The third kappa shape index (κ3) is 4.80. The van der Waals surface area contributed by atoms with Crippen LogP contribution in [0.25, 0.3) is 0 Å². The Hall–Kier alpha value is -1.44. The minimum atomic E-state index is -0.797. The molecule has 0 spiro atoms. The summed E-state index contributed by atoms with van der Waals surface area (Å²) >= 11 is 0. The lowest BCUT2D eigenvalue weighted by Gasteiger charge is -2.28. The van der Waals surface area contributed by atoms with E-state index in [9.17, 15) is 15.0 Å². The maximum atomic E-state index is 11.1. The molecule has 118 valence electrons. The van der Waals surface area contributed by atoms with Gasteiger partial charge in [0.1, 0.15) is 0 Å². The van der Waals surface area contributed by atoms with Gasteiger partial charge in [0.15, 0.2) is 0 Å². The highest BCUT2D eigenvalue weighted by atomic mass is 35.5. The molecule has 1 saturated carbocycles. The second kappa shape index (κ2) is 7.53. The van der Waals surface area contributed by atoms with E-state index in [0.29, 0.717) is 25.3 Å². The van der Waals surface area contributed by atoms with Crippen molar-refractivity contribution < 1.29 is 19.7 Å². The molecular weight excluding hydrogens is 298 g/mol. The molecule has 7 nitrogen and oxygen atoms in total.